The number of hydrogen-bond acceptors (Lipinski definition) is 3. The van der Waals surface area contributed by atoms with Gasteiger partial charge in [0.2, 0.25) is 0 Å². The summed E-state index contributed by atoms with van der Waals surface area (Å²) in [7, 11) is 0. The number of carbonyl (C=O) groups is 2. The molecule has 308 valence electrons. The molecule has 0 aliphatic heterocycles. The number of hydrogen-bond donors (Lipinski definition) is 0. The average molecular weight is 743 g/mol. The second-order valence-electron chi connectivity index (χ2n) is 14.0. The van der Waals surface area contributed by atoms with E-state index in [9.17, 15) is 22.8 Å². The van der Waals surface area contributed by atoms with E-state index in [1.165, 1.54) is 12.0 Å². The lowest BCUT2D eigenvalue weighted by Crippen LogP contribution is -2.17. The standard InChI is InChI=1S/C14H24O.C13H20O.C10H15F3.C4H10O.C3H8.2CH4/c1-10(2)7-8-12(5)9-13(6)14(15)11(3)4;1-10(2)8-6-7-9-12(5)13(14)11(3)4;1-8(2)7-10(12,13)6-4-5-9(3)11;1-3-5-4-2;1-3-2;;/h7-11,13H,1-6H3;7,9-12H,1-5H3;4-5,8H,3,6-7H2,1-2H3;3-4H2,1-2H3;3H2,1-2H3;2*1H4/b8-7+,12-9+;9-7+;5-4+;;;;/t13-;;;;;;/m1....../s1. The number of ketones is 2. The summed E-state index contributed by atoms with van der Waals surface area (Å²) in [5.74, 6) is 4.23. The molecule has 0 heterocycles. The van der Waals surface area contributed by atoms with Gasteiger partial charge in [0.15, 0.2) is 0 Å². The molecule has 0 rings (SSSR count). The molecule has 0 spiro atoms. The van der Waals surface area contributed by atoms with Crippen LogP contribution in [0.2, 0.25) is 0 Å². The van der Waals surface area contributed by atoms with Crippen molar-refractivity contribution in [3.63, 3.8) is 0 Å². The van der Waals surface area contributed by atoms with Gasteiger partial charge in [-0.2, -0.15) is 0 Å². The van der Waals surface area contributed by atoms with Crippen molar-refractivity contribution in [3.8, 4) is 11.8 Å². The summed E-state index contributed by atoms with van der Waals surface area (Å²) >= 11 is 0. The number of alkyl halides is 2. The smallest absolute Gasteiger partial charge is 0.251 e. The van der Waals surface area contributed by atoms with Gasteiger partial charge in [-0.15, -0.1) is 0 Å². The molecule has 0 fully saturated rings. The number of ether oxygens (including phenoxy) is 1. The van der Waals surface area contributed by atoms with E-state index in [2.05, 4.69) is 58.3 Å². The molecule has 3 nitrogen and oxygen atoms in total. The van der Waals surface area contributed by atoms with E-state index in [1.54, 1.807) is 19.9 Å². The Kier molecular flexibility index (Phi) is 50.9. The Morgan fingerprint density at radius 3 is 1.54 bits per heavy atom. The molecule has 1 unspecified atom stereocenters. The van der Waals surface area contributed by atoms with Gasteiger partial charge in [-0.1, -0.05) is 173 Å². The molecule has 0 radical (unpaired) electrons. The van der Waals surface area contributed by atoms with Crippen LogP contribution in [0.4, 0.5) is 13.2 Å². The van der Waals surface area contributed by atoms with Gasteiger partial charge in [0.1, 0.15) is 17.4 Å². The molecule has 52 heavy (non-hydrogen) atoms. The lowest BCUT2D eigenvalue weighted by Gasteiger charge is -2.16. The van der Waals surface area contributed by atoms with Gasteiger partial charge in [-0.25, -0.2) is 13.2 Å². The lowest BCUT2D eigenvalue weighted by molar-refractivity contribution is -0.124. The Balaban J connectivity index is -0.000000104. The maximum Gasteiger partial charge on any atom is 0.251 e. The Morgan fingerprint density at radius 1 is 0.769 bits per heavy atom. The first-order valence-corrected chi connectivity index (χ1v) is 18.5. The first-order chi connectivity index (χ1) is 22.9. The molecule has 2 atom stereocenters. The average Bonchev–Trinajstić information content (AvgIpc) is 2.98. The minimum atomic E-state index is -2.74. The van der Waals surface area contributed by atoms with Crippen molar-refractivity contribution in [2.75, 3.05) is 13.2 Å². The van der Waals surface area contributed by atoms with Crippen molar-refractivity contribution in [1.82, 2.24) is 0 Å². The highest BCUT2D eigenvalue weighted by Crippen LogP contribution is 2.27. The summed E-state index contributed by atoms with van der Waals surface area (Å²) in [5.41, 5.74) is 1.17. The summed E-state index contributed by atoms with van der Waals surface area (Å²) in [5, 5.41) is 0. The first kappa shape index (κ1) is 64.3. The molecular weight excluding hydrogens is 657 g/mol. The topological polar surface area (TPSA) is 43.4 Å². The van der Waals surface area contributed by atoms with Crippen molar-refractivity contribution < 1.29 is 27.5 Å². The van der Waals surface area contributed by atoms with E-state index < -0.39 is 18.2 Å². The van der Waals surface area contributed by atoms with Gasteiger partial charge in [-0.05, 0) is 44.8 Å². The number of halogens is 3. The highest BCUT2D eigenvalue weighted by Gasteiger charge is 2.27. The third kappa shape index (κ3) is 54.1. The third-order valence-corrected chi connectivity index (χ3v) is 5.96. The fourth-order valence-electron chi connectivity index (χ4n) is 3.67. The Bertz CT molecular complexity index is 1030. The summed E-state index contributed by atoms with van der Waals surface area (Å²) in [4.78, 5) is 23.1. The SMILES string of the molecule is C.C.C=C(F)/C=C/CC(F)(F)CC(C)C.CC(/C=C/C(C)C)=C\[C@@H](C)C(=O)C(C)C.CC(C)C#C/C=C/C(C)C(=O)C(C)C.CCC.CCOCC. The highest BCUT2D eigenvalue weighted by molar-refractivity contribution is 5.84. The number of rotatable bonds is 15. The van der Waals surface area contributed by atoms with Crippen molar-refractivity contribution >= 4 is 11.6 Å². The molecule has 0 bridgehead atoms. The van der Waals surface area contributed by atoms with Crippen molar-refractivity contribution in [3.05, 3.63) is 60.5 Å². The molecule has 0 aromatic heterocycles. The molecule has 0 saturated heterocycles. The quantitative estimate of drug-likeness (QED) is 0.124. The largest absolute Gasteiger partial charge is 0.382 e. The van der Waals surface area contributed by atoms with Crippen LogP contribution in [0.15, 0.2) is 60.5 Å². The van der Waals surface area contributed by atoms with Crippen LogP contribution in [-0.4, -0.2) is 30.7 Å². The summed E-state index contributed by atoms with van der Waals surface area (Å²) in [6, 6.07) is 0. The van der Waals surface area contributed by atoms with Crippen LogP contribution in [0.5, 0.6) is 0 Å². The van der Waals surface area contributed by atoms with Crippen LogP contribution >= 0.6 is 0 Å². The molecule has 0 aromatic rings. The van der Waals surface area contributed by atoms with Crippen LogP contribution in [-0.2, 0) is 14.3 Å². The number of allylic oxidation sites excluding steroid dienone is 9. The number of Topliss-reactive ketones (excluding diaryl/α,β-unsaturated/α-hetero) is 2. The monoisotopic (exact) mass is 743 g/mol. The zero-order valence-electron chi connectivity index (χ0n) is 35.2. The van der Waals surface area contributed by atoms with Gasteiger partial charge in [0.25, 0.3) is 5.92 Å². The minimum Gasteiger partial charge on any atom is -0.382 e. The molecule has 6 heteroatoms. The van der Waals surface area contributed by atoms with E-state index >= 15 is 0 Å². The molecule has 0 aromatic carbocycles. The molecule has 0 aliphatic rings. The van der Waals surface area contributed by atoms with Crippen molar-refractivity contribution in [1.29, 1.82) is 0 Å². The predicted molar refractivity (Wildman–Crippen MR) is 228 cm³/mol. The maximum absolute atomic E-state index is 12.9. The molecule has 0 N–H and O–H groups in total. The van der Waals surface area contributed by atoms with Crippen molar-refractivity contribution in [2.45, 2.75) is 158 Å². The molecule has 0 aliphatic carbocycles. The Hall–Kier alpha value is -2.65. The second-order valence-corrected chi connectivity index (χ2v) is 14.0. The zero-order valence-corrected chi connectivity index (χ0v) is 35.2. The van der Waals surface area contributed by atoms with Crippen LogP contribution < -0.4 is 0 Å². The zero-order chi connectivity index (χ0) is 40.5. The van der Waals surface area contributed by atoms with Crippen LogP contribution in [0.25, 0.3) is 0 Å². The van der Waals surface area contributed by atoms with Crippen LogP contribution in [0.3, 0.4) is 0 Å². The molecular formula is C46H85F3O3. The fraction of sp³-hybridized carbons (Fsp3) is 0.696. The van der Waals surface area contributed by atoms with Crippen LogP contribution in [0, 0.1) is 53.3 Å². The van der Waals surface area contributed by atoms with Gasteiger partial charge in [0, 0.05) is 55.6 Å². The van der Waals surface area contributed by atoms with Gasteiger partial charge < -0.3 is 4.74 Å². The van der Waals surface area contributed by atoms with E-state index in [1.807, 2.05) is 88.3 Å². The van der Waals surface area contributed by atoms with E-state index in [-0.39, 0.29) is 56.6 Å². The maximum atomic E-state index is 12.9. The van der Waals surface area contributed by atoms with E-state index in [4.69, 9.17) is 4.74 Å². The fourth-order valence-corrected chi connectivity index (χ4v) is 3.67. The Morgan fingerprint density at radius 2 is 1.21 bits per heavy atom. The normalized spacial score (nSPS) is 12.3. The number of carbonyl (C=O) groups excluding carboxylic acids is 2. The van der Waals surface area contributed by atoms with E-state index in [0.717, 1.165) is 25.4 Å². The molecule has 0 amide bonds. The van der Waals surface area contributed by atoms with Gasteiger partial charge in [0.05, 0.1) is 0 Å². The van der Waals surface area contributed by atoms with Gasteiger partial charge >= 0.3 is 0 Å². The Labute approximate surface area is 323 Å². The van der Waals surface area contributed by atoms with Gasteiger partial charge in [-0.3, -0.25) is 9.59 Å². The molecule has 0 saturated carbocycles. The van der Waals surface area contributed by atoms with E-state index in [0.29, 0.717) is 17.6 Å². The minimum absolute atomic E-state index is 0. The summed E-state index contributed by atoms with van der Waals surface area (Å²) in [6.45, 7) is 38.4. The predicted octanol–water partition coefficient (Wildman–Crippen LogP) is 14.9. The summed E-state index contributed by atoms with van der Waals surface area (Å²) < 4.78 is 42.7. The van der Waals surface area contributed by atoms with Crippen LogP contribution in [0.1, 0.15) is 152 Å². The highest BCUT2D eigenvalue weighted by atomic mass is 19.3. The second kappa shape index (κ2) is 41.1. The van der Waals surface area contributed by atoms with Crippen molar-refractivity contribution in [2.24, 2.45) is 41.4 Å². The third-order valence-electron chi connectivity index (χ3n) is 5.96. The lowest BCUT2D eigenvalue weighted by atomic mass is 9.95. The first-order valence-electron chi connectivity index (χ1n) is 18.5. The summed E-state index contributed by atoms with van der Waals surface area (Å²) in [6.07, 6.45) is 12.7.